The van der Waals surface area contributed by atoms with Gasteiger partial charge in [0, 0.05) is 30.8 Å². The number of para-hydroxylation sites is 1. The van der Waals surface area contributed by atoms with E-state index in [2.05, 4.69) is 11.8 Å². The summed E-state index contributed by atoms with van der Waals surface area (Å²) in [4.78, 5) is 14.2. The molecule has 0 spiro atoms. The summed E-state index contributed by atoms with van der Waals surface area (Å²) in [6.07, 6.45) is 0.245. The van der Waals surface area contributed by atoms with E-state index in [1.165, 1.54) is 0 Å². The van der Waals surface area contributed by atoms with Crippen LogP contribution < -0.4 is 4.90 Å². The van der Waals surface area contributed by atoms with Gasteiger partial charge in [-0.25, -0.2) is 0 Å². The summed E-state index contributed by atoms with van der Waals surface area (Å²) in [5, 5.41) is 9.48. The largest absolute Gasteiger partial charge is 0.392 e. The summed E-state index contributed by atoms with van der Waals surface area (Å²) < 4.78 is 5.37. The van der Waals surface area contributed by atoms with Crippen LogP contribution in [0.15, 0.2) is 24.3 Å². The van der Waals surface area contributed by atoms with Crippen LogP contribution in [0.25, 0.3) is 0 Å². The number of carbonyl (C=O) groups is 1. The van der Waals surface area contributed by atoms with Crippen molar-refractivity contribution < 1.29 is 14.6 Å². The highest BCUT2D eigenvalue weighted by atomic mass is 16.5. The number of benzene rings is 1. The van der Waals surface area contributed by atoms with Gasteiger partial charge in [0.2, 0.25) is 0 Å². The molecule has 1 radical (unpaired) electrons. The number of hydrogen-bond acceptors (Lipinski definition) is 4. The number of anilines is 1. The van der Waals surface area contributed by atoms with Gasteiger partial charge in [-0.1, -0.05) is 39.0 Å². The van der Waals surface area contributed by atoms with Crippen LogP contribution in [0.3, 0.4) is 0 Å². The van der Waals surface area contributed by atoms with E-state index < -0.39 is 6.10 Å². The summed E-state index contributed by atoms with van der Waals surface area (Å²) in [7, 11) is 1.56. The summed E-state index contributed by atoms with van der Waals surface area (Å²) in [5.41, 5.74) is 1.78. The maximum Gasteiger partial charge on any atom is 0.165 e. The van der Waals surface area contributed by atoms with Gasteiger partial charge in [0.05, 0.1) is 13.2 Å². The second-order valence-corrected chi connectivity index (χ2v) is 5.37. The second kappa shape index (κ2) is 8.80. The Morgan fingerprint density at radius 2 is 2.05 bits per heavy atom. The zero-order valence-corrected chi connectivity index (χ0v) is 13.2. The average Bonchev–Trinajstić information content (AvgIpc) is 2.50. The molecule has 1 N–H and O–H groups in total. The van der Waals surface area contributed by atoms with E-state index in [9.17, 15) is 9.90 Å². The third-order valence-electron chi connectivity index (χ3n) is 3.49. The molecular weight excluding hydrogens is 266 g/mol. The highest BCUT2D eigenvalue weighted by Crippen LogP contribution is 2.22. The first-order valence-corrected chi connectivity index (χ1v) is 7.34. The Hall–Kier alpha value is -1.39. The minimum Gasteiger partial charge on any atom is -0.392 e. The molecule has 117 valence electrons. The fraction of sp³-hybridized carbons (Fsp3) is 0.529. The van der Waals surface area contributed by atoms with Crippen LogP contribution in [0.1, 0.15) is 25.8 Å². The SMILES string of the molecule is [CH2]CCN(CC(OC)C(=O)C(C)C)c1ccccc1CO. The summed E-state index contributed by atoms with van der Waals surface area (Å²) in [6.45, 7) is 8.80. The van der Waals surface area contributed by atoms with E-state index in [1.54, 1.807) is 7.11 Å². The third kappa shape index (κ3) is 4.83. The number of aliphatic hydroxyl groups excluding tert-OH is 1. The lowest BCUT2D eigenvalue weighted by Gasteiger charge is -2.30. The summed E-state index contributed by atoms with van der Waals surface area (Å²) in [5.74, 6) is 0.0256. The standard InChI is InChI=1S/C17H26NO3/c1-5-10-18(11-16(21-4)17(20)13(2)3)15-9-7-6-8-14(15)12-19/h6-9,13,16,19H,1,5,10-12H2,2-4H3. The normalized spacial score (nSPS) is 12.5. The molecule has 0 aromatic heterocycles. The first kappa shape index (κ1) is 17.7. The van der Waals surface area contributed by atoms with E-state index in [0.29, 0.717) is 19.5 Å². The van der Waals surface area contributed by atoms with Crippen molar-refractivity contribution in [2.75, 3.05) is 25.1 Å². The average molecular weight is 292 g/mol. The number of rotatable bonds is 9. The molecule has 0 bridgehead atoms. The van der Waals surface area contributed by atoms with Crippen molar-refractivity contribution >= 4 is 11.5 Å². The van der Waals surface area contributed by atoms with Gasteiger partial charge < -0.3 is 14.7 Å². The van der Waals surface area contributed by atoms with E-state index in [-0.39, 0.29) is 18.3 Å². The molecule has 0 aliphatic heterocycles. The van der Waals surface area contributed by atoms with E-state index in [4.69, 9.17) is 4.74 Å². The van der Waals surface area contributed by atoms with Gasteiger partial charge in [0.15, 0.2) is 5.78 Å². The zero-order valence-electron chi connectivity index (χ0n) is 13.2. The maximum absolute atomic E-state index is 12.2. The van der Waals surface area contributed by atoms with E-state index in [0.717, 1.165) is 11.3 Å². The van der Waals surface area contributed by atoms with Crippen molar-refractivity contribution in [3.63, 3.8) is 0 Å². The van der Waals surface area contributed by atoms with Crippen LogP contribution in [0.2, 0.25) is 0 Å². The number of aliphatic hydroxyl groups is 1. The molecule has 0 saturated heterocycles. The summed E-state index contributed by atoms with van der Waals surface area (Å²) in [6, 6.07) is 7.66. The molecule has 0 amide bonds. The molecular formula is C17H26NO3. The summed E-state index contributed by atoms with van der Waals surface area (Å²) >= 11 is 0. The minimum atomic E-state index is -0.469. The van der Waals surface area contributed by atoms with Gasteiger partial charge in [-0.3, -0.25) is 4.79 Å². The minimum absolute atomic E-state index is 0.0282. The van der Waals surface area contributed by atoms with Crippen LogP contribution in [-0.2, 0) is 16.1 Å². The predicted octanol–water partition coefficient (Wildman–Crippen LogP) is 2.45. The predicted molar refractivity (Wildman–Crippen MR) is 85.2 cm³/mol. The number of hydrogen-bond donors (Lipinski definition) is 1. The van der Waals surface area contributed by atoms with Crippen molar-refractivity contribution in [3.8, 4) is 0 Å². The van der Waals surface area contributed by atoms with Crippen molar-refractivity contribution in [3.05, 3.63) is 36.8 Å². The monoisotopic (exact) mass is 292 g/mol. The van der Waals surface area contributed by atoms with Crippen molar-refractivity contribution in [2.45, 2.75) is 33.0 Å². The van der Waals surface area contributed by atoms with Gasteiger partial charge in [-0.15, -0.1) is 0 Å². The molecule has 1 unspecified atom stereocenters. The van der Waals surface area contributed by atoms with Crippen LogP contribution >= 0.6 is 0 Å². The van der Waals surface area contributed by atoms with Gasteiger partial charge in [0.25, 0.3) is 0 Å². The molecule has 0 saturated carbocycles. The molecule has 4 heteroatoms. The fourth-order valence-electron chi connectivity index (χ4n) is 2.31. The lowest BCUT2D eigenvalue weighted by Crippen LogP contribution is -2.40. The van der Waals surface area contributed by atoms with Crippen molar-refractivity contribution in [2.24, 2.45) is 5.92 Å². The quantitative estimate of drug-likeness (QED) is 0.759. The number of carbonyl (C=O) groups excluding carboxylic acids is 1. The Bertz CT molecular complexity index is 445. The van der Waals surface area contributed by atoms with Gasteiger partial charge in [-0.05, 0) is 12.5 Å². The Kier molecular flexibility index (Phi) is 7.40. The fourth-order valence-corrected chi connectivity index (χ4v) is 2.31. The zero-order chi connectivity index (χ0) is 15.8. The molecule has 1 aromatic rings. The van der Waals surface area contributed by atoms with Gasteiger partial charge >= 0.3 is 0 Å². The highest BCUT2D eigenvalue weighted by Gasteiger charge is 2.24. The molecule has 0 aliphatic rings. The first-order chi connectivity index (χ1) is 10.0. The third-order valence-corrected chi connectivity index (χ3v) is 3.49. The molecule has 0 heterocycles. The number of methoxy groups -OCH3 is 1. The Labute approximate surface area is 127 Å². The molecule has 4 nitrogen and oxygen atoms in total. The van der Waals surface area contributed by atoms with E-state index in [1.807, 2.05) is 38.1 Å². The number of ketones is 1. The van der Waals surface area contributed by atoms with Crippen molar-refractivity contribution in [1.82, 2.24) is 0 Å². The van der Waals surface area contributed by atoms with Crippen LogP contribution in [0.5, 0.6) is 0 Å². The van der Waals surface area contributed by atoms with Crippen LogP contribution in [0.4, 0.5) is 5.69 Å². The van der Waals surface area contributed by atoms with Crippen LogP contribution in [0, 0.1) is 12.8 Å². The number of nitrogens with zero attached hydrogens (tertiary/aromatic N) is 1. The molecule has 1 aromatic carbocycles. The smallest absolute Gasteiger partial charge is 0.165 e. The maximum atomic E-state index is 12.2. The highest BCUT2D eigenvalue weighted by molar-refractivity contribution is 5.85. The molecule has 0 aliphatic carbocycles. The van der Waals surface area contributed by atoms with Gasteiger partial charge in [0.1, 0.15) is 6.10 Å². The molecule has 21 heavy (non-hydrogen) atoms. The molecule has 1 atom stereocenters. The van der Waals surface area contributed by atoms with Gasteiger partial charge in [-0.2, -0.15) is 0 Å². The van der Waals surface area contributed by atoms with Crippen molar-refractivity contribution in [1.29, 1.82) is 0 Å². The number of ether oxygens (including phenoxy) is 1. The first-order valence-electron chi connectivity index (χ1n) is 7.34. The molecule has 1 rings (SSSR count). The Morgan fingerprint density at radius 3 is 2.57 bits per heavy atom. The second-order valence-electron chi connectivity index (χ2n) is 5.37. The Morgan fingerprint density at radius 1 is 1.38 bits per heavy atom. The number of Topliss-reactive ketones (excluding diaryl/α,β-unsaturated/α-hetero) is 1. The van der Waals surface area contributed by atoms with E-state index >= 15 is 0 Å². The lowest BCUT2D eigenvalue weighted by atomic mass is 10.0. The van der Waals surface area contributed by atoms with Crippen LogP contribution in [-0.4, -0.2) is 37.2 Å². The topological polar surface area (TPSA) is 49.8 Å². The molecule has 0 fully saturated rings. The Balaban J connectivity index is 2.98. The lowest BCUT2D eigenvalue weighted by molar-refractivity contribution is -0.131.